The zero-order valence-corrected chi connectivity index (χ0v) is 12.8. The molecule has 0 aliphatic heterocycles. The molecule has 1 aliphatic rings. The molecule has 3 nitrogen and oxygen atoms in total. The Balaban J connectivity index is 1.78. The van der Waals surface area contributed by atoms with Crippen LogP contribution in [-0.2, 0) is 10.2 Å². The third-order valence-corrected chi connectivity index (χ3v) is 4.21. The summed E-state index contributed by atoms with van der Waals surface area (Å²) >= 11 is 0. The van der Waals surface area contributed by atoms with Gasteiger partial charge in [0.2, 0.25) is 0 Å². The van der Waals surface area contributed by atoms with E-state index in [9.17, 15) is 0 Å². The van der Waals surface area contributed by atoms with Crippen LogP contribution in [0.3, 0.4) is 0 Å². The van der Waals surface area contributed by atoms with Gasteiger partial charge >= 0.3 is 0 Å². The van der Waals surface area contributed by atoms with E-state index in [0.717, 1.165) is 32.2 Å². The molecule has 0 amide bonds. The number of nitrogens with zero attached hydrogens (tertiary/aromatic N) is 1. The molecule has 1 aliphatic carbocycles. The number of ether oxygens (including phenoxy) is 1. The molecule has 0 bridgehead atoms. The smallest absolute Gasteiger partial charge is 0.0593 e. The minimum absolute atomic E-state index is 0.00645. The van der Waals surface area contributed by atoms with Crippen molar-refractivity contribution in [2.45, 2.75) is 25.2 Å². The van der Waals surface area contributed by atoms with Gasteiger partial charge in [-0.1, -0.05) is 37.3 Å². The fraction of sp³-hybridized carbons (Fsp3) is 0.647. The Morgan fingerprint density at radius 2 is 2.00 bits per heavy atom. The molecule has 0 saturated heterocycles. The number of likely N-dealkylation sites (N-methyl/N-ethyl adjacent to an activating group) is 1. The molecule has 2 rings (SSSR count). The summed E-state index contributed by atoms with van der Waals surface area (Å²) < 4.78 is 5.71. The molecule has 0 radical (unpaired) electrons. The minimum Gasteiger partial charge on any atom is -0.380 e. The highest BCUT2D eigenvalue weighted by Gasteiger charge is 2.26. The van der Waals surface area contributed by atoms with Crippen LogP contribution >= 0.6 is 0 Å². The van der Waals surface area contributed by atoms with Crippen LogP contribution in [0.5, 0.6) is 0 Å². The first-order valence-electron chi connectivity index (χ1n) is 7.66. The van der Waals surface area contributed by atoms with Crippen molar-refractivity contribution in [1.29, 1.82) is 0 Å². The lowest BCUT2D eigenvalue weighted by Crippen LogP contribution is -2.43. The molecule has 112 valence electrons. The van der Waals surface area contributed by atoms with Gasteiger partial charge in [-0.2, -0.15) is 0 Å². The fourth-order valence-electron chi connectivity index (χ4n) is 2.54. The van der Waals surface area contributed by atoms with Gasteiger partial charge in [-0.3, -0.25) is 0 Å². The summed E-state index contributed by atoms with van der Waals surface area (Å²) in [5, 5.41) is 0. The maximum atomic E-state index is 6.03. The molecular weight excluding hydrogens is 248 g/mol. The van der Waals surface area contributed by atoms with E-state index >= 15 is 0 Å². The van der Waals surface area contributed by atoms with E-state index in [2.05, 4.69) is 49.2 Å². The van der Waals surface area contributed by atoms with Crippen molar-refractivity contribution in [2.75, 3.05) is 39.9 Å². The van der Waals surface area contributed by atoms with Crippen LogP contribution in [0.4, 0.5) is 0 Å². The van der Waals surface area contributed by atoms with Gasteiger partial charge in [-0.15, -0.1) is 0 Å². The Morgan fingerprint density at radius 3 is 2.60 bits per heavy atom. The van der Waals surface area contributed by atoms with Gasteiger partial charge < -0.3 is 15.4 Å². The highest BCUT2D eigenvalue weighted by molar-refractivity contribution is 5.25. The topological polar surface area (TPSA) is 38.5 Å². The summed E-state index contributed by atoms with van der Waals surface area (Å²) in [6.45, 7) is 6.59. The molecule has 1 atom stereocenters. The van der Waals surface area contributed by atoms with Crippen molar-refractivity contribution in [2.24, 2.45) is 11.7 Å². The van der Waals surface area contributed by atoms with Crippen LogP contribution in [-0.4, -0.2) is 44.8 Å². The maximum Gasteiger partial charge on any atom is 0.0593 e. The van der Waals surface area contributed by atoms with Gasteiger partial charge in [-0.25, -0.2) is 0 Å². The van der Waals surface area contributed by atoms with Gasteiger partial charge in [0.05, 0.1) is 6.61 Å². The molecule has 1 aromatic carbocycles. The highest BCUT2D eigenvalue weighted by atomic mass is 16.5. The van der Waals surface area contributed by atoms with Gasteiger partial charge in [0.1, 0.15) is 0 Å². The Labute approximate surface area is 123 Å². The summed E-state index contributed by atoms with van der Waals surface area (Å²) in [6, 6.07) is 10.6. The van der Waals surface area contributed by atoms with Crippen molar-refractivity contribution in [3.05, 3.63) is 35.9 Å². The van der Waals surface area contributed by atoms with Crippen LogP contribution in [0, 0.1) is 5.92 Å². The van der Waals surface area contributed by atoms with E-state index in [1.54, 1.807) is 0 Å². The van der Waals surface area contributed by atoms with E-state index in [1.807, 2.05) is 0 Å². The molecule has 0 aromatic heterocycles. The second-order valence-corrected chi connectivity index (χ2v) is 6.39. The maximum absolute atomic E-state index is 6.03. The largest absolute Gasteiger partial charge is 0.380 e. The number of benzene rings is 1. The number of hydrogen-bond donors (Lipinski definition) is 1. The van der Waals surface area contributed by atoms with Crippen LogP contribution in [0.2, 0.25) is 0 Å². The predicted molar refractivity (Wildman–Crippen MR) is 83.9 cm³/mol. The monoisotopic (exact) mass is 276 g/mol. The van der Waals surface area contributed by atoms with Crippen molar-refractivity contribution in [3.8, 4) is 0 Å². The molecule has 1 unspecified atom stereocenters. The number of hydrogen-bond acceptors (Lipinski definition) is 3. The second-order valence-electron chi connectivity index (χ2n) is 6.39. The standard InChI is InChI=1S/C17H28N2O/c1-17(13-18,16-6-4-3-5-7-16)14-19(2)10-11-20-12-15-8-9-15/h3-7,15H,8-14,18H2,1-2H3. The first kappa shape index (κ1) is 15.5. The van der Waals surface area contributed by atoms with Gasteiger partial charge in [-0.05, 0) is 31.4 Å². The van der Waals surface area contributed by atoms with E-state index in [4.69, 9.17) is 10.5 Å². The zero-order valence-electron chi connectivity index (χ0n) is 12.8. The molecule has 2 N–H and O–H groups in total. The Morgan fingerprint density at radius 1 is 1.30 bits per heavy atom. The predicted octanol–water partition coefficient (Wildman–Crippen LogP) is 2.26. The molecule has 0 spiro atoms. The third-order valence-electron chi connectivity index (χ3n) is 4.21. The molecule has 1 aromatic rings. The zero-order chi connectivity index (χ0) is 14.4. The fourth-order valence-corrected chi connectivity index (χ4v) is 2.54. The molecule has 1 saturated carbocycles. The van der Waals surface area contributed by atoms with E-state index in [-0.39, 0.29) is 5.41 Å². The molecule has 3 heteroatoms. The summed E-state index contributed by atoms with van der Waals surface area (Å²) in [5.41, 5.74) is 7.35. The van der Waals surface area contributed by atoms with Crippen molar-refractivity contribution >= 4 is 0 Å². The van der Waals surface area contributed by atoms with Crippen molar-refractivity contribution < 1.29 is 4.74 Å². The van der Waals surface area contributed by atoms with Gasteiger partial charge in [0.15, 0.2) is 0 Å². The Kier molecular flexibility index (Phi) is 5.58. The third kappa shape index (κ3) is 4.58. The molecule has 1 fully saturated rings. The Bertz CT molecular complexity index is 391. The van der Waals surface area contributed by atoms with E-state index < -0.39 is 0 Å². The van der Waals surface area contributed by atoms with Gasteiger partial charge in [0, 0.05) is 31.7 Å². The van der Waals surface area contributed by atoms with Crippen LogP contribution in [0.1, 0.15) is 25.3 Å². The van der Waals surface area contributed by atoms with Crippen LogP contribution in [0.25, 0.3) is 0 Å². The normalized spacial score (nSPS) is 18.2. The molecular formula is C17H28N2O. The van der Waals surface area contributed by atoms with Crippen LogP contribution in [0.15, 0.2) is 30.3 Å². The number of rotatable bonds is 9. The van der Waals surface area contributed by atoms with E-state index in [1.165, 1.54) is 18.4 Å². The molecule has 0 heterocycles. The average Bonchev–Trinajstić information content (AvgIpc) is 3.28. The first-order valence-corrected chi connectivity index (χ1v) is 7.66. The van der Waals surface area contributed by atoms with Crippen LogP contribution < -0.4 is 5.73 Å². The lowest BCUT2D eigenvalue weighted by atomic mass is 9.82. The van der Waals surface area contributed by atoms with Gasteiger partial charge in [0.25, 0.3) is 0 Å². The van der Waals surface area contributed by atoms with Crippen molar-refractivity contribution in [1.82, 2.24) is 4.90 Å². The summed E-state index contributed by atoms with van der Waals surface area (Å²) in [6.07, 6.45) is 2.71. The second kappa shape index (κ2) is 7.21. The summed E-state index contributed by atoms with van der Waals surface area (Å²) in [7, 11) is 2.15. The SMILES string of the molecule is CN(CCOCC1CC1)CC(C)(CN)c1ccccc1. The quantitative estimate of drug-likeness (QED) is 0.703. The Hall–Kier alpha value is -0.900. The van der Waals surface area contributed by atoms with E-state index in [0.29, 0.717) is 6.54 Å². The van der Waals surface area contributed by atoms with Crippen molar-refractivity contribution in [3.63, 3.8) is 0 Å². The summed E-state index contributed by atoms with van der Waals surface area (Å²) in [4.78, 5) is 2.33. The average molecular weight is 276 g/mol. The molecule has 20 heavy (non-hydrogen) atoms. The number of nitrogens with two attached hydrogens (primary N) is 1. The lowest BCUT2D eigenvalue weighted by Gasteiger charge is -2.33. The lowest BCUT2D eigenvalue weighted by molar-refractivity contribution is 0.0977. The minimum atomic E-state index is 0.00645. The first-order chi connectivity index (χ1) is 9.64. The highest BCUT2D eigenvalue weighted by Crippen LogP contribution is 2.28. The summed E-state index contributed by atoms with van der Waals surface area (Å²) in [5.74, 6) is 0.846.